The van der Waals surface area contributed by atoms with Gasteiger partial charge in [-0.3, -0.25) is 4.98 Å². The molecule has 2 N–H and O–H groups in total. The Balaban J connectivity index is 1.93. The van der Waals surface area contributed by atoms with Crippen LogP contribution in [0, 0.1) is 5.41 Å². The molecular formula is C14H22N2O. The summed E-state index contributed by atoms with van der Waals surface area (Å²) in [5, 5.41) is 12.9. The second kappa shape index (κ2) is 5.61. The van der Waals surface area contributed by atoms with Gasteiger partial charge in [0.05, 0.1) is 5.69 Å². The van der Waals surface area contributed by atoms with Crippen LogP contribution in [0.5, 0.6) is 0 Å². The van der Waals surface area contributed by atoms with Crippen molar-refractivity contribution >= 4 is 0 Å². The summed E-state index contributed by atoms with van der Waals surface area (Å²) < 4.78 is 0. The molecule has 3 heteroatoms. The second-order valence-corrected chi connectivity index (χ2v) is 5.13. The quantitative estimate of drug-likeness (QED) is 0.761. The third kappa shape index (κ3) is 3.27. The summed E-state index contributed by atoms with van der Waals surface area (Å²) in [4.78, 5) is 4.42. The molecule has 0 saturated heterocycles. The molecule has 0 amide bonds. The van der Waals surface area contributed by atoms with Crippen molar-refractivity contribution in [2.24, 2.45) is 5.41 Å². The van der Waals surface area contributed by atoms with Gasteiger partial charge in [0.25, 0.3) is 0 Å². The Morgan fingerprint density at radius 3 is 2.82 bits per heavy atom. The van der Waals surface area contributed by atoms with E-state index in [1.165, 1.54) is 0 Å². The highest BCUT2D eigenvalue weighted by Gasteiger charge is 2.41. The number of pyridine rings is 1. The van der Waals surface area contributed by atoms with Gasteiger partial charge in [0.1, 0.15) is 0 Å². The van der Waals surface area contributed by atoms with Crippen molar-refractivity contribution in [3.63, 3.8) is 0 Å². The molecule has 1 aromatic heterocycles. The molecule has 1 aliphatic carbocycles. The normalized spacial score (nSPS) is 18.9. The maximum absolute atomic E-state index is 9.31. The lowest BCUT2D eigenvalue weighted by Crippen LogP contribution is -2.30. The first-order valence-electron chi connectivity index (χ1n) is 6.55. The predicted octanol–water partition coefficient (Wildman–Crippen LogP) is 2.28. The first-order chi connectivity index (χ1) is 8.29. The van der Waals surface area contributed by atoms with Crippen molar-refractivity contribution in [1.82, 2.24) is 10.3 Å². The van der Waals surface area contributed by atoms with E-state index in [0.717, 1.165) is 37.9 Å². The zero-order valence-corrected chi connectivity index (χ0v) is 10.5. The lowest BCUT2D eigenvalue weighted by atomic mass is 10.0. The Labute approximate surface area is 103 Å². The minimum Gasteiger partial charge on any atom is -0.396 e. The predicted molar refractivity (Wildman–Crippen MR) is 68.6 cm³/mol. The van der Waals surface area contributed by atoms with Gasteiger partial charge in [0.15, 0.2) is 0 Å². The summed E-state index contributed by atoms with van der Waals surface area (Å²) >= 11 is 0. The minimum atomic E-state index is 0.167. The third-order valence-electron chi connectivity index (χ3n) is 3.64. The summed E-state index contributed by atoms with van der Waals surface area (Å²) in [6.45, 7) is 3.41. The van der Waals surface area contributed by atoms with Gasteiger partial charge in [0, 0.05) is 30.8 Å². The van der Waals surface area contributed by atoms with Crippen LogP contribution in [-0.2, 0) is 0 Å². The van der Waals surface area contributed by atoms with Crippen LogP contribution in [0.1, 0.15) is 44.3 Å². The van der Waals surface area contributed by atoms with Crippen molar-refractivity contribution in [2.45, 2.75) is 38.6 Å². The Kier molecular flexibility index (Phi) is 4.13. The zero-order chi connectivity index (χ0) is 12.1. The third-order valence-corrected chi connectivity index (χ3v) is 3.64. The second-order valence-electron chi connectivity index (χ2n) is 5.13. The Morgan fingerprint density at radius 2 is 2.29 bits per heavy atom. The first-order valence-corrected chi connectivity index (χ1v) is 6.55. The Bertz CT molecular complexity index is 335. The Hall–Kier alpha value is -0.930. The molecule has 0 bridgehead atoms. The molecule has 1 heterocycles. The molecule has 0 radical (unpaired) electrons. The molecular weight excluding hydrogens is 212 g/mol. The summed E-state index contributed by atoms with van der Waals surface area (Å²) in [5.74, 6) is 0. The molecule has 17 heavy (non-hydrogen) atoms. The molecule has 1 aliphatic rings. The molecule has 1 unspecified atom stereocenters. The molecule has 0 spiro atoms. The largest absolute Gasteiger partial charge is 0.396 e. The van der Waals surface area contributed by atoms with Crippen LogP contribution in [0.3, 0.4) is 0 Å². The summed E-state index contributed by atoms with van der Waals surface area (Å²) in [5.41, 5.74) is 1.28. The van der Waals surface area contributed by atoms with Crippen molar-refractivity contribution in [1.29, 1.82) is 0 Å². The lowest BCUT2D eigenvalue weighted by molar-refractivity contribution is 0.202. The highest BCUT2D eigenvalue weighted by atomic mass is 16.3. The van der Waals surface area contributed by atoms with Crippen molar-refractivity contribution in [3.8, 4) is 0 Å². The number of nitrogens with zero attached hydrogens (tertiary/aromatic N) is 1. The fourth-order valence-electron chi connectivity index (χ4n) is 2.13. The average Bonchev–Trinajstić information content (AvgIpc) is 3.16. The SMILES string of the molecule is CCCC(NCC1(CO)CC1)c1ccccn1. The van der Waals surface area contributed by atoms with Gasteiger partial charge in [-0.25, -0.2) is 0 Å². The van der Waals surface area contributed by atoms with E-state index >= 15 is 0 Å². The van der Waals surface area contributed by atoms with Crippen LogP contribution in [-0.4, -0.2) is 23.2 Å². The number of aliphatic hydroxyl groups excluding tert-OH is 1. The molecule has 94 valence electrons. The molecule has 1 atom stereocenters. The highest BCUT2D eigenvalue weighted by molar-refractivity contribution is 5.09. The number of rotatable bonds is 7. The summed E-state index contributed by atoms with van der Waals surface area (Å²) in [7, 11) is 0. The van der Waals surface area contributed by atoms with Gasteiger partial charge < -0.3 is 10.4 Å². The van der Waals surface area contributed by atoms with Gasteiger partial charge in [-0.15, -0.1) is 0 Å². The van der Waals surface area contributed by atoms with E-state index < -0.39 is 0 Å². The molecule has 1 fully saturated rings. The molecule has 1 saturated carbocycles. The average molecular weight is 234 g/mol. The molecule has 0 aliphatic heterocycles. The minimum absolute atomic E-state index is 0.167. The first kappa shape index (κ1) is 12.5. The summed E-state index contributed by atoms with van der Waals surface area (Å²) in [6, 6.07) is 6.38. The molecule has 3 nitrogen and oxygen atoms in total. The van der Waals surface area contributed by atoms with Crippen LogP contribution < -0.4 is 5.32 Å². The van der Waals surface area contributed by atoms with E-state index in [-0.39, 0.29) is 5.41 Å². The number of hydrogen-bond acceptors (Lipinski definition) is 3. The van der Waals surface area contributed by atoms with Crippen LogP contribution in [0.25, 0.3) is 0 Å². The van der Waals surface area contributed by atoms with Crippen LogP contribution in [0.4, 0.5) is 0 Å². The maximum Gasteiger partial charge on any atom is 0.0573 e. The number of aliphatic hydroxyl groups is 1. The van der Waals surface area contributed by atoms with Crippen LogP contribution in [0.2, 0.25) is 0 Å². The number of hydrogen-bond donors (Lipinski definition) is 2. The van der Waals surface area contributed by atoms with Crippen molar-refractivity contribution < 1.29 is 5.11 Å². The standard InChI is InChI=1S/C14H22N2O/c1-2-5-12(13-6-3-4-9-15-13)16-10-14(11-17)7-8-14/h3-4,6,9,12,16-17H,2,5,7-8,10-11H2,1H3. The lowest BCUT2D eigenvalue weighted by Gasteiger charge is -2.21. The van der Waals surface area contributed by atoms with Crippen molar-refractivity contribution in [2.75, 3.05) is 13.2 Å². The Morgan fingerprint density at radius 1 is 1.47 bits per heavy atom. The van der Waals surface area contributed by atoms with Gasteiger partial charge in [-0.2, -0.15) is 0 Å². The van der Waals surface area contributed by atoms with E-state index in [4.69, 9.17) is 0 Å². The van der Waals surface area contributed by atoms with Gasteiger partial charge >= 0.3 is 0 Å². The van der Waals surface area contributed by atoms with E-state index in [1.54, 1.807) is 0 Å². The molecule has 1 aromatic rings. The van der Waals surface area contributed by atoms with E-state index in [1.807, 2.05) is 18.3 Å². The maximum atomic E-state index is 9.31. The zero-order valence-electron chi connectivity index (χ0n) is 10.5. The monoisotopic (exact) mass is 234 g/mol. The van der Waals surface area contributed by atoms with E-state index in [9.17, 15) is 5.11 Å². The molecule has 2 rings (SSSR count). The topological polar surface area (TPSA) is 45.1 Å². The van der Waals surface area contributed by atoms with E-state index in [2.05, 4.69) is 23.3 Å². The van der Waals surface area contributed by atoms with E-state index in [0.29, 0.717) is 12.6 Å². The van der Waals surface area contributed by atoms with Crippen LogP contribution >= 0.6 is 0 Å². The van der Waals surface area contributed by atoms with Gasteiger partial charge in [-0.1, -0.05) is 19.4 Å². The fourth-order valence-corrected chi connectivity index (χ4v) is 2.13. The summed E-state index contributed by atoms with van der Waals surface area (Å²) in [6.07, 6.45) is 6.38. The highest BCUT2D eigenvalue weighted by Crippen LogP contribution is 2.44. The van der Waals surface area contributed by atoms with Gasteiger partial charge in [0.2, 0.25) is 0 Å². The number of nitrogens with one attached hydrogen (secondary N) is 1. The van der Waals surface area contributed by atoms with Crippen LogP contribution in [0.15, 0.2) is 24.4 Å². The van der Waals surface area contributed by atoms with Crippen molar-refractivity contribution in [3.05, 3.63) is 30.1 Å². The smallest absolute Gasteiger partial charge is 0.0573 e. The fraction of sp³-hybridized carbons (Fsp3) is 0.643. The van der Waals surface area contributed by atoms with Gasteiger partial charge in [-0.05, 0) is 31.4 Å². The number of aromatic nitrogens is 1. The molecule has 0 aromatic carbocycles.